The van der Waals surface area contributed by atoms with Gasteiger partial charge in [0, 0.05) is 50.6 Å². The van der Waals surface area contributed by atoms with Gasteiger partial charge in [0.25, 0.3) is 5.91 Å². The first-order chi connectivity index (χ1) is 15.8. The lowest BCUT2D eigenvalue weighted by Gasteiger charge is -2.33. The molecule has 4 rings (SSSR count). The molecule has 1 aliphatic rings. The monoisotopic (exact) mass is 465 g/mol. The van der Waals surface area contributed by atoms with Crippen molar-refractivity contribution in [1.29, 1.82) is 0 Å². The third kappa shape index (κ3) is 4.49. The third-order valence-electron chi connectivity index (χ3n) is 6.04. The minimum absolute atomic E-state index is 0.0541. The summed E-state index contributed by atoms with van der Waals surface area (Å²) < 4.78 is 27.4. The van der Waals surface area contributed by atoms with Gasteiger partial charge in [-0.2, -0.15) is 4.31 Å². The van der Waals surface area contributed by atoms with Gasteiger partial charge in [-0.05, 0) is 42.6 Å². The molecule has 2 amide bonds. The second-order valence-electron chi connectivity index (χ2n) is 7.98. The molecule has 0 unspecified atom stereocenters. The molecule has 0 atom stereocenters. The largest absolute Gasteiger partial charge is 0.340 e. The zero-order valence-electron chi connectivity index (χ0n) is 18.8. The van der Waals surface area contributed by atoms with Crippen molar-refractivity contribution in [1.82, 2.24) is 9.21 Å². The van der Waals surface area contributed by atoms with Crippen LogP contribution in [0, 0.1) is 0 Å². The fourth-order valence-electron chi connectivity index (χ4n) is 4.18. The predicted molar refractivity (Wildman–Crippen MR) is 129 cm³/mol. The van der Waals surface area contributed by atoms with Crippen LogP contribution < -0.4 is 4.90 Å². The van der Waals surface area contributed by atoms with E-state index in [4.69, 9.17) is 0 Å². The van der Waals surface area contributed by atoms with Crippen molar-refractivity contribution in [3.63, 3.8) is 0 Å². The van der Waals surface area contributed by atoms with Gasteiger partial charge < -0.3 is 9.80 Å². The first-order valence-corrected chi connectivity index (χ1v) is 12.4. The summed E-state index contributed by atoms with van der Waals surface area (Å²) in [5, 5.41) is 2.03. The summed E-state index contributed by atoms with van der Waals surface area (Å²) in [5.41, 5.74) is 1.24. The highest BCUT2D eigenvalue weighted by Crippen LogP contribution is 2.28. The summed E-state index contributed by atoms with van der Waals surface area (Å²) >= 11 is 0. The Bertz CT molecular complexity index is 1280. The molecule has 3 aromatic rings. The van der Waals surface area contributed by atoms with Crippen molar-refractivity contribution < 1.29 is 18.0 Å². The lowest BCUT2D eigenvalue weighted by atomic mass is 10.1. The Morgan fingerprint density at radius 3 is 2.15 bits per heavy atom. The fourth-order valence-corrected chi connectivity index (χ4v) is 5.61. The van der Waals surface area contributed by atoms with Crippen LogP contribution in [0.4, 0.5) is 5.69 Å². The van der Waals surface area contributed by atoms with Crippen molar-refractivity contribution in [3.8, 4) is 0 Å². The van der Waals surface area contributed by atoms with Crippen molar-refractivity contribution in [2.24, 2.45) is 0 Å². The van der Waals surface area contributed by atoms with E-state index >= 15 is 0 Å². The first kappa shape index (κ1) is 22.9. The number of nitrogens with zero attached hydrogens (tertiary/aromatic N) is 3. The smallest absolute Gasteiger partial charge is 0.258 e. The summed E-state index contributed by atoms with van der Waals surface area (Å²) in [6.07, 6.45) is 0. The highest BCUT2D eigenvalue weighted by atomic mass is 32.2. The molecule has 0 N–H and O–H groups in total. The number of piperazine rings is 1. The summed E-state index contributed by atoms with van der Waals surface area (Å²) in [7, 11) is -3.69. The molecule has 1 fully saturated rings. The average molecular weight is 466 g/mol. The van der Waals surface area contributed by atoms with Crippen LogP contribution in [0.3, 0.4) is 0 Å². The van der Waals surface area contributed by atoms with E-state index in [0.29, 0.717) is 25.2 Å². The number of fused-ring (bicyclic) bond motifs is 1. The molecule has 0 radical (unpaired) electrons. The molecular formula is C25H27N3O4S. The van der Waals surface area contributed by atoms with E-state index in [1.807, 2.05) is 49.4 Å². The highest BCUT2D eigenvalue weighted by molar-refractivity contribution is 7.89. The molecule has 0 aromatic heterocycles. The highest BCUT2D eigenvalue weighted by Gasteiger charge is 2.29. The molecule has 1 aliphatic heterocycles. The van der Waals surface area contributed by atoms with E-state index < -0.39 is 10.0 Å². The minimum Gasteiger partial charge on any atom is -0.340 e. The van der Waals surface area contributed by atoms with Crippen molar-refractivity contribution in [2.45, 2.75) is 18.7 Å². The molecule has 0 saturated carbocycles. The predicted octanol–water partition coefficient (Wildman–Crippen LogP) is 3.36. The van der Waals surface area contributed by atoms with Gasteiger partial charge in [0.1, 0.15) is 0 Å². The molecular weight excluding hydrogens is 438 g/mol. The van der Waals surface area contributed by atoms with Crippen LogP contribution >= 0.6 is 0 Å². The standard InChI is InChI=1S/C25H27N3O4S/c1-3-28(24-10-6-8-20-7-4-5-9-23(20)24)25(30)21-11-13-22(14-12-21)33(31,32)27-17-15-26(16-18-27)19(2)29/h4-14H,3,15-18H2,1-2H3. The van der Waals surface area contributed by atoms with Gasteiger partial charge in [-0.15, -0.1) is 0 Å². The molecule has 172 valence electrons. The average Bonchev–Trinajstić information content (AvgIpc) is 2.84. The Morgan fingerprint density at radius 1 is 0.879 bits per heavy atom. The summed E-state index contributed by atoms with van der Waals surface area (Å²) in [4.78, 5) is 28.3. The van der Waals surface area contributed by atoms with Gasteiger partial charge >= 0.3 is 0 Å². The molecule has 1 heterocycles. The number of rotatable bonds is 5. The first-order valence-electron chi connectivity index (χ1n) is 11.0. The lowest BCUT2D eigenvalue weighted by Crippen LogP contribution is -2.49. The van der Waals surface area contributed by atoms with Crippen LogP contribution in [-0.2, 0) is 14.8 Å². The third-order valence-corrected chi connectivity index (χ3v) is 7.95. The number of benzene rings is 3. The maximum absolute atomic E-state index is 13.3. The van der Waals surface area contributed by atoms with Crippen molar-refractivity contribution >= 4 is 38.3 Å². The molecule has 3 aromatic carbocycles. The van der Waals surface area contributed by atoms with E-state index in [1.54, 1.807) is 21.9 Å². The van der Waals surface area contributed by atoms with Crippen LogP contribution in [0.1, 0.15) is 24.2 Å². The maximum Gasteiger partial charge on any atom is 0.258 e. The second-order valence-corrected chi connectivity index (χ2v) is 9.92. The van der Waals surface area contributed by atoms with Gasteiger partial charge in [0.05, 0.1) is 10.6 Å². The van der Waals surface area contributed by atoms with Gasteiger partial charge in [-0.1, -0.05) is 36.4 Å². The Balaban J connectivity index is 1.56. The molecule has 7 nitrogen and oxygen atoms in total. The molecule has 0 spiro atoms. The van der Waals surface area contributed by atoms with Crippen LogP contribution in [0.5, 0.6) is 0 Å². The van der Waals surface area contributed by atoms with Crippen molar-refractivity contribution in [2.75, 3.05) is 37.6 Å². The molecule has 1 saturated heterocycles. The Kier molecular flexibility index (Phi) is 6.49. The van der Waals surface area contributed by atoms with Crippen molar-refractivity contribution in [3.05, 3.63) is 72.3 Å². The minimum atomic E-state index is -3.69. The Morgan fingerprint density at radius 2 is 1.52 bits per heavy atom. The number of carbonyl (C=O) groups is 2. The molecule has 0 aliphatic carbocycles. The van der Waals surface area contributed by atoms with Gasteiger partial charge in [0.2, 0.25) is 15.9 Å². The zero-order valence-corrected chi connectivity index (χ0v) is 19.6. The molecule has 33 heavy (non-hydrogen) atoms. The number of sulfonamides is 1. The number of carbonyl (C=O) groups excluding carboxylic acids is 2. The summed E-state index contributed by atoms with van der Waals surface area (Å²) in [5.74, 6) is -0.241. The maximum atomic E-state index is 13.3. The second kappa shape index (κ2) is 9.33. The van der Waals surface area contributed by atoms with Crippen LogP contribution in [0.15, 0.2) is 71.6 Å². The van der Waals surface area contributed by atoms with Crippen LogP contribution in [0.25, 0.3) is 10.8 Å². The van der Waals surface area contributed by atoms with E-state index in [1.165, 1.54) is 23.4 Å². The fraction of sp³-hybridized carbons (Fsp3) is 0.280. The quantitative estimate of drug-likeness (QED) is 0.579. The summed E-state index contributed by atoms with van der Waals surface area (Å²) in [6, 6.07) is 19.8. The lowest BCUT2D eigenvalue weighted by molar-refractivity contribution is -0.129. The van der Waals surface area contributed by atoms with E-state index in [-0.39, 0.29) is 29.8 Å². The Labute approximate surface area is 194 Å². The van der Waals surface area contributed by atoms with Gasteiger partial charge in [0.15, 0.2) is 0 Å². The van der Waals surface area contributed by atoms with Gasteiger partial charge in [-0.25, -0.2) is 8.42 Å². The zero-order chi connectivity index (χ0) is 23.6. The summed E-state index contributed by atoms with van der Waals surface area (Å²) in [6.45, 7) is 5.15. The van der Waals surface area contributed by atoms with E-state index in [2.05, 4.69) is 0 Å². The number of hydrogen-bond donors (Lipinski definition) is 0. The normalized spacial score (nSPS) is 14.9. The number of amides is 2. The molecule has 0 bridgehead atoms. The van der Waals surface area contributed by atoms with E-state index in [0.717, 1.165) is 16.5 Å². The van der Waals surface area contributed by atoms with E-state index in [9.17, 15) is 18.0 Å². The van der Waals surface area contributed by atoms with Gasteiger partial charge in [-0.3, -0.25) is 9.59 Å². The van der Waals surface area contributed by atoms with Crippen LogP contribution in [-0.4, -0.2) is 62.2 Å². The number of hydrogen-bond acceptors (Lipinski definition) is 4. The Hall–Kier alpha value is -3.23. The molecule has 8 heteroatoms. The number of anilines is 1. The van der Waals surface area contributed by atoms with Crippen LogP contribution in [0.2, 0.25) is 0 Å². The topological polar surface area (TPSA) is 78.0 Å². The SMILES string of the molecule is CCN(C(=O)c1ccc(S(=O)(=O)N2CCN(C(C)=O)CC2)cc1)c1cccc2ccccc12.